The second kappa shape index (κ2) is 7.88. The first kappa shape index (κ1) is 20.0. The summed E-state index contributed by atoms with van der Waals surface area (Å²) in [5, 5.41) is 3.73. The molecular formula is C20H21N5O4S. The van der Waals surface area contributed by atoms with Crippen LogP contribution in [0.15, 0.2) is 52.0 Å². The van der Waals surface area contributed by atoms with Crippen molar-refractivity contribution in [2.75, 3.05) is 7.11 Å². The van der Waals surface area contributed by atoms with Crippen molar-refractivity contribution < 1.29 is 17.7 Å². The van der Waals surface area contributed by atoms with E-state index in [-0.39, 0.29) is 17.2 Å². The maximum Gasteiger partial charge on any atom is 0.246 e. The van der Waals surface area contributed by atoms with Gasteiger partial charge in [0.05, 0.1) is 20.2 Å². The molecule has 3 heterocycles. The van der Waals surface area contributed by atoms with Crippen molar-refractivity contribution in [3.05, 3.63) is 65.4 Å². The van der Waals surface area contributed by atoms with E-state index in [0.29, 0.717) is 29.2 Å². The third-order valence-electron chi connectivity index (χ3n) is 4.71. The van der Waals surface area contributed by atoms with E-state index >= 15 is 0 Å². The Hall–Kier alpha value is -3.24. The predicted octanol–water partition coefficient (Wildman–Crippen LogP) is 2.57. The van der Waals surface area contributed by atoms with Crippen LogP contribution in [0.3, 0.4) is 0 Å². The first-order chi connectivity index (χ1) is 14.4. The number of benzene rings is 1. The van der Waals surface area contributed by atoms with Gasteiger partial charge >= 0.3 is 0 Å². The summed E-state index contributed by atoms with van der Waals surface area (Å²) in [6, 6.07) is 11.3. The summed E-state index contributed by atoms with van der Waals surface area (Å²) in [6.07, 6.45) is 1.68. The first-order valence-corrected chi connectivity index (χ1v) is 10.7. The number of ether oxygens (including phenoxy) is 1. The molecule has 0 radical (unpaired) electrons. The number of hydrogen-bond donors (Lipinski definition) is 1. The summed E-state index contributed by atoms with van der Waals surface area (Å²) < 4.78 is 40.4. The van der Waals surface area contributed by atoms with Gasteiger partial charge in [0.2, 0.25) is 10.0 Å². The van der Waals surface area contributed by atoms with Crippen LogP contribution < -0.4 is 9.46 Å². The standard InChI is InChI=1S/C20H21N5O4S/c1-13-19(14(2)29-24-13)30(26,27)22-11-18-23-17-8-5-9-21-20(17)25(18)12-15-6-4-7-16(10-15)28-3/h4-10,22H,11-12H2,1-3H3. The number of sulfonamides is 1. The molecule has 30 heavy (non-hydrogen) atoms. The Kier molecular flexibility index (Phi) is 5.27. The van der Waals surface area contributed by atoms with Crippen molar-refractivity contribution in [3.8, 4) is 5.75 Å². The van der Waals surface area contributed by atoms with Gasteiger partial charge in [-0.3, -0.25) is 0 Å². The number of hydrogen-bond acceptors (Lipinski definition) is 7. The second-order valence-electron chi connectivity index (χ2n) is 6.79. The van der Waals surface area contributed by atoms with Gasteiger partial charge in [-0.25, -0.2) is 23.1 Å². The van der Waals surface area contributed by atoms with Crippen LogP contribution in [-0.2, 0) is 23.1 Å². The zero-order valence-corrected chi connectivity index (χ0v) is 17.6. The van der Waals surface area contributed by atoms with E-state index in [1.807, 2.05) is 34.9 Å². The fourth-order valence-electron chi connectivity index (χ4n) is 3.35. The number of imidazole rings is 1. The number of nitrogens with zero attached hydrogens (tertiary/aromatic N) is 4. The molecule has 156 valence electrons. The molecule has 0 aliphatic heterocycles. The van der Waals surface area contributed by atoms with Gasteiger partial charge < -0.3 is 13.8 Å². The average molecular weight is 427 g/mol. The quantitative estimate of drug-likeness (QED) is 0.482. The third kappa shape index (κ3) is 3.79. The second-order valence-corrected chi connectivity index (χ2v) is 8.49. The summed E-state index contributed by atoms with van der Waals surface area (Å²) in [7, 11) is -2.20. The van der Waals surface area contributed by atoms with Crippen molar-refractivity contribution in [2.24, 2.45) is 0 Å². The van der Waals surface area contributed by atoms with Crippen LogP contribution in [0.25, 0.3) is 11.2 Å². The molecule has 0 fully saturated rings. The van der Waals surface area contributed by atoms with E-state index in [1.165, 1.54) is 0 Å². The molecule has 0 saturated carbocycles. The Labute approximate surface area is 173 Å². The van der Waals surface area contributed by atoms with Gasteiger partial charge in [0.1, 0.15) is 27.7 Å². The van der Waals surface area contributed by atoms with Crippen LogP contribution in [0.5, 0.6) is 5.75 Å². The van der Waals surface area contributed by atoms with Crippen molar-refractivity contribution in [1.82, 2.24) is 24.4 Å². The molecule has 1 aromatic carbocycles. The molecule has 3 aromatic heterocycles. The smallest absolute Gasteiger partial charge is 0.246 e. The number of aromatic nitrogens is 4. The van der Waals surface area contributed by atoms with Crippen molar-refractivity contribution >= 4 is 21.2 Å². The lowest BCUT2D eigenvalue weighted by Crippen LogP contribution is -2.26. The molecule has 1 N–H and O–H groups in total. The van der Waals surface area contributed by atoms with Crippen LogP contribution in [0.1, 0.15) is 22.8 Å². The highest BCUT2D eigenvalue weighted by molar-refractivity contribution is 7.89. The summed E-state index contributed by atoms with van der Waals surface area (Å²) in [6.45, 7) is 3.61. The molecule has 0 spiro atoms. The van der Waals surface area contributed by atoms with Gasteiger partial charge in [0.25, 0.3) is 0 Å². The van der Waals surface area contributed by atoms with Gasteiger partial charge in [0, 0.05) is 6.20 Å². The zero-order chi connectivity index (χ0) is 21.3. The van der Waals surface area contributed by atoms with Crippen LogP contribution in [0.4, 0.5) is 0 Å². The molecular weight excluding hydrogens is 406 g/mol. The predicted molar refractivity (Wildman–Crippen MR) is 110 cm³/mol. The topological polar surface area (TPSA) is 112 Å². The molecule has 4 aromatic rings. The number of fused-ring (bicyclic) bond motifs is 1. The lowest BCUT2D eigenvalue weighted by molar-refractivity contribution is 0.390. The molecule has 0 saturated heterocycles. The monoisotopic (exact) mass is 427 g/mol. The lowest BCUT2D eigenvalue weighted by Gasteiger charge is -2.11. The average Bonchev–Trinajstić information content (AvgIpc) is 3.26. The van der Waals surface area contributed by atoms with E-state index in [1.54, 1.807) is 33.2 Å². The Bertz CT molecular complexity index is 1290. The van der Waals surface area contributed by atoms with Crippen molar-refractivity contribution in [1.29, 1.82) is 0 Å². The summed E-state index contributed by atoms with van der Waals surface area (Å²) >= 11 is 0. The molecule has 0 amide bonds. The fourth-order valence-corrected chi connectivity index (χ4v) is 4.66. The number of nitrogens with one attached hydrogen (secondary N) is 1. The summed E-state index contributed by atoms with van der Waals surface area (Å²) in [5.41, 5.74) is 2.65. The number of pyridine rings is 1. The minimum Gasteiger partial charge on any atom is -0.497 e. The van der Waals surface area contributed by atoms with Crippen LogP contribution in [0.2, 0.25) is 0 Å². The maximum absolute atomic E-state index is 12.8. The van der Waals surface area contributed by atoms with Crippen LogP contribution in [0, 0.1) is 13.8 Å². The highest BCUT2D eigenvalue weighted by atomic mass is 32.2. The van der Waals surface area contributed by atoms with Crippen molar-refractivity contribution in [2.45, 2.75) is 31.8 Å². The normalized spacial score (nSPS) is 11.8. The maximum atomic E-state index is 12.8. The van der Waals surface area contributed by atoms with Crippen LogP contribution >= 0.6 is 0 Å². The third-order valence-corrected chi connectivity index (χ3v) is 6.36. The van der Waals surface area contributed by atoms with E-state index in [9.17, 15) is 8.42 Å². The Balaban J connectivity index is 1.68. The summed E-state index contributed by atoms with van der Waals surface area (Å²) in [4.78, 5) is 9.07. The molecule has 0 unspecified atom stereocenters. The SMILES string of the molecule is COc1cccc(Cn2c(CNS(=O)(=O)c3c(C)noc3C)nc3cccnc32)c1. The van der Waals surface area contributed by atoms with Gasteiger partial charge in [0.15, 0.2) is 11.4 Å². The Morgan fingerprint density at radius 1 is 1.20 bits per heavy atom. The Morgan fingerprint density at radius 2 is 2.03 bits per heavy atom. The number of methoxy groups -OCH3 is 1. The van der Waals surface area contributed by atoms with E-state index in [0.717, 1.165) is 11.3 Å². The van der Waals surface area contributed by atoms with Crippen LogP contribution in [-0.4, -0.2) is 35.2 Å². The number of aryl methyl sites for hydroxylation is 2. The van der Waals surface area contributed by atoms with Gasteiger partial charge in [-0.1, -0.05) is 17.3 Å². The van der Waals surface area contributed by atoms with Gasteiger partial charge in [-0.05, 0) is 43.7 Å². The molecule has 0 atom stereocenters. The largest absolute Gasteiger partial charge is 0.497 e. The van der Waals surface area contributed by atoms with E-state index in [4.69, 9.17) is 9.26 Å². The zero-order valence-electron chi connectivity index (χ0n) is 16.8. The molecule has 4 rings (SSSR count). The van der Waals surface area contributed by atoms with E-state index < -0.39 is 10.0 Å². The molecule has 9 nitrogen and oxygen atoms in total. The molecule has 0 aliphatic rings. The van der Waals surface area contributed by atoms with Gasteiger partial charge in [-0.15, -0.1) is 0 Å². The minimum atomic E-state index is -3.81. The fraction of sp³-hybridized carbons (Fsp3) is 0.250. The highest BCUT2D eigenvalue weighted by Crippen LogP contribution is 2.21. The summed E-state index contributed by atoms with van der Waals surface area (Å²) in [5.74, 6) is 1.53. The lowest BCUT2D eigenvalue weighted by atomic mass is 10.2. The molecule has 0 bridgehead atoms. The van der Waals surface area contributed by atoms with Crippen molar-refractivity contribution in [3.63, 3.8) is 0 Å². The van der Waals surface area contributed by atoms with Gasteiger partial charge in [-0.2, -0.15) is 0 Å². The Morgan fingerprint density at radius 3 is 2.77 bits per heavy atom. The molecule has 0 aliphatic carbocycles. The highest BCUT2D eigenvalue weighted by Gasteiger charge is 2.25. The molecule has 10 heteroatoms. The first-order valence-electron chi connectivity index (χ1n) is 9.24. The number of rotatable bonds is 7. The van der Waals surface area contributed by atoms with E-state index in [2.05, 4.69) is 19.8 Å². The minimum absolute atomic E-state index is 0.00722.